The monoisotopic (exact) mass is 254 g/mol. The third kappa shape index (κ3) is 2.53. The Morgan fingerprint density at radius 2 is 1.67 bits per heavy atom. The minimum atomic E-state index is -4.42. The fraction of sp³-hybridized carbons (Fsp3) is 0.143. The number of hydrogen-bond acceptors (Lipinski definition) is 0. The molecule has 0 atom stereocenters. The van der Waals surface area contributed by atoms with Gasteiger partial charge in [-0.15, -0.1) is 0 Å². The second-order valence-electron chi connectivity index (χ2n) is 4.06. The Morgan fingerprint density at radius 1 is 0.944 bits per heavy atom. The smallest absolute Gasteiger partial charge is 0.206 e. The Bertz CT molecular complexity index is 570. The Labute approximate surface area is 102 Å². The van der Waals surface area contributed by atoms with Crippen LogP contribution in [0.1, 0.15) is 11.1 Å². The maximum absolute atomic E-state index is 13.6. The largest absolute Gasteiger partial charge is 0.416 e. The Morgan fingerprint density at radius 3 is 2.33 bits per heavy atom. The summed E-state index contributed by atoms with van der Waals surface area (Å²) in [5, 5.41) is 0. The van der Waals surface area contributed by atoms with Gasteiger partial charge < -0.3 is 0 Å². The molecule has 0 amide bonds. The van der Waals surface area contributed by atoms with E-state index in [4.69, 9.17) is 0 Å². The Hall–Kier alpha value is -1.84. The first-order valence-electron chi connectivity index (χ1n) is 5.32. The van der Waals surface area contributed by atoms with Gasteiger partial charge in [-0.25, -0.2) is 4.39 Å². The average molecular weight is 254 g/mol. The van der Waals surface area contributed by atoms with Gasteiger partial charge in [-0.1, -0.05) is 23.8 Å². The first kappa shape index (κ1) is 12.6. The number of hydrogen-bond donors (Lipinski definition) is 0. The van der Waals surface area contributed by atoms with Crippen LogP contribution in [0.15, 0.2) is 42.5 Å². The molecule has 2 aromatic carbocycles. The van der Waals surface area contributed by atoms with E-state index in [9.17, 15) is 17.6 Å². The molecule has 4 heteroatoms. The van der Waals surface area contributed by atoms with Crippen molar-refractivity contribution >= 4 is 0 Å². The van der Waals surface area contributed by atoms with Crippen molar-refractivity contribution in [2.75, 3.05) is 0 Å². The first-order chi connectivity index (χ1) is 8.38. The van der Waals surface area contributed by atoms with Crippen molar-refractivity contribution in [3.05, 3.63) is 59.4 Å². The molecule has 0 bridgehead atoms. The molecule has 2 aromatic rings. The molecule has 94 valence electrons. The van der Waals surface area contributed by atoms with Gasteiger partial charge in [-0.2, -0.15) is 13.2 Å². The van der Waals surface area contributed by atoms with Gasteiger partial charge in [-0.05, 0) is 36.8 Å². The summed E-state index contributed by atoms with van der Waals surface area (Å²) in [5.41, 5.74) is 0.428. The summed E-state index contributed by atoms with van der Waals surface area (Å²) >= 11 is 0. The molecule has 0 radical (unpaired) electrons. The maximum Gasteiger partial charge on any atom is 0.416 e. The van der Waals surface area contributed by atoms with Crippen LogP contribution in [0.4, 0.5) is 17.6 Å². The topological polar surface area (TPSA) is 0 Å². The van der Waals surface area contributed by atoms with Crippen molar-refractivity contribution in [2.24, 2.45) is 0 Å². The first-order valence-corrected chi connectivity index (χ1v) is 5.32. The van der Waals surface area contributed by atoms with E-state index in [0.717, 1.165) is 17.7 Å². The van der Waals surface area contributed by atoms with Gasteiger partial charge in [-0.3, -0.25) is 0 Å². The van der Waals surface area contributed by atoms with E-state index in [2.05, 4.69) is 0 Å². The van der Waals surface area contributed by atoms with Crippen LogP contribution in [0.25, 0.3) is 11.1 Å². The quantitative estimate of drug-likeness (QED) is 0.640. The average Bonchev–Trinajstić information content (AvgIpc) is 2.31. The van der Waals surface area contributed by atoms with E-state index in [0.29, 0.717) is 0 Å². The van der Waals surface area contributed by atoms with Crippen molar-refractivity contribution in [3.8, 4) is 11.1 Å². The second kappa shape index (κ2) is 4.44. The minimum Gasteiger partial charge on any atom is -0.206 e. The van der Waals surface area contributed by atoms with Crippen molar-refractivity contribution in [3.63, 3.8) is 0 Å². The molecule has 0 aliphatic heterocycles. The van der Waals surface area contributed by atoms with Crippen LogP contribution in [0, 0.1) is 12.7 Å². The molecule has 0 unspecified atom stereocenters. The highest BCUT2D eigenvalue weighted by Crippen LogP contribution is 2.33. The summed E-state index contributed by atoms with van der Waals surface area (Å²) in [6.45, 7) is 1.76. The van der Waals surface area contributed by atoms with Gasteiger partial charge in [0.1, 0.15) is 5.82 Å². The van der Waals surface area contributed by atoms with Gasteiger partial charge in [0.2, 0.25) is 0 Å². The van der Waals surface area contributed by atoms with Crippen molar-refractivity contribution in [1.29, 1.82) is 0 Å². The summed E-state index contributed by atoms with van der Waals surface area (Å²) in [7, 11) is 0. The fourth-order valence-electron chi connectivity index (χ4n) is 1.72. The van der Waals surface area contributed by atoms with Crippen LogP contribution in [-0.2, 0) is 6.18 Å². The van der Waals surface area contributed by atoms with Crippen LogP contribution in [0.5, 0.6) is 0 Å². The normalized spacial score (nSPS) is 11.6. The number of rotatable bonds is 1. The molecule has 0 N–H and O–H groups in total. The molecular formula is C14H10F4. The van der Waals surface area contributed by atoms with Crippen LogP contribution in [0.3, 0.4) is 0 Å². The van der Waals surface area contributed by atoms with E-state index >= 15 is 0 Å². The Balaban J connectivity index is 2.55. The summed E-state index contributed by atoms with van der Waals surface area (Å²) in [5.74, 6) is -0.528. The van der Waals surface area contributed by atoms with Crippen molar-refractivity contribution in [2.45, 2.75) is 13.1 Å². The van der Waals surface area contributed by atoms with E-state index in [1.165, 1.54) is 24.3 Å². The molecule has 2 rings (SSSR count). The summed E-state index contributed by atoms with van der Waals surface area (Å²) < 4.78 is 51.3. The molecule has 0 saturated carbocycles. The number of benzene rings is 2. The zero-order valence-electron chi connectivity index (χ0n) is 9.55. The van der Waals surface area contributed by atoms with E-state index in [1.807, 2.05) is 0 Å². The molecular weight excluding hydrogens is 244 g/mol. The van der Waals surface area contributed by atoms with Crippen molar-refractivity contribution < 1.29 is 17.6 Å². The molecule has 0 aliphatic rings. The molecule has 0 aliphatic carbocycles. The van der Waals surface area contributed by atoms with E-state index in [-0.39, 0.29) is 11.1 Å². The van der Waals surface area contributed by atoms with E-state index < -0.39 is 17.6 Å². The van der Waals surface area contributed by atoms with Gasteiger partial charge in [0.05, 0.1) is 5.56 Å². The predicted octanol–water partition coefficient (Wildman–Crippen LogP) is 4.82. The second-order valence-corrected chi connectivity index (χ2v) is 4.06. The van der Waals surface area contributed by atoms with Gasteiger partial charge in [0, 0.05) is 5.56 Å². The minimum absolute atomic E-state index is 0.182. The lowest BCUT2D eigenvalue weighted by atomic mass is 10.0. The molecule has 0 spiro atoms. The molecule has 0 saturated heterocycles. The highest BCUT2D eigenvalue weighted by molar-refractivity contribution is 5.65. The highest BCUT2D eigenvalue weighted by atomic mass is 19.4. The predicted molar refractivity (Wildman–Crippen MR) is 61.6 cm³/mol. The lowest BCUT2D eigenvalue weighted by molar-refractivity contribution is -0.137. The molecule has 0 fully saturated rings. The molecule has 0 nitrogen and oxygen atoms in total. The zero-order chi connectivity index (χ0) is 13.3. The number of halogens is 4. The lowest BCUT2D eigenvalue weighted by Gasteiger charge is -2.10. The van der Waals surface area contributed by atoms with Gasteiger partial charge >= 0.3 is 6.18 Å². The molecule has 18 heavy (non-hydrogen) atoms. The SMILES string of the molecule is Cc1ccc(F)c(-c2cccc(C(F)(F)F)c2)c1. The molecule has 0 aromatic heterocycles. The summed E-state index contributed by atoms with van der Waals surface area (Å²) in [6.07, 6.45) is -4.42. The zero-order valence-corrected chi connectivity index (χ0v) is 9.55. The lowest BCUT2D eigenvalue weighted by Crippen LogP contribution is -2.04. The van der Waals surface area contributed by atoms with Gasteiger partial charge in [0.25, 0.3) is 0 Å². The summed E-state index contributed by atoms with van der Waals surface area (Å²) in [4.78, 5) is 0. The van der Waals surface area contributed by atoms with Crippen molar-refractivity contribution in [1.82, 2.24) is 0 Å². The third-order valence-electron chi connectivity index (χ3n) is 2.62. The van der Waals surface area contributed by atoms with Crippen LogP contribution >= 0.6 is 0 Å². The van der Waals surface area contributed by atoms with E-state index in [1.54, 1.807) is 13.0 Å². The maximum atomic E-state index is 13.6. The number of aryl methyl sites for hydroxylation is 1. The van der Waals surface area contributed by atoms with Crippen LogP contribution < -0.4 is 0 Å². The highest BCUT2D eigenvalue weighted by Gasteiger charge is 2.30. The third-order valence-corrected chi connectivity index (χ3v) is 2.62. The fourth-order valence-corrected chi connectivity index (χ4v) is 1.72. The standard InChI is InChI=1S/C14H10F4/c1-9-5-6-13(15)12(7-9)10-3-2-4-11(8-10)14(16,17)18/h2-8H,1H3. The van der Waals surface area contributed by atoms with Gasteiger partial charge in [0.15, 0.2) is 0 Å². The van der Waals surface area contributed by atoms with Crippen LogP contribution in [0.2, 0.25) is 0 Å². The summed E-state index contributed by atoms with van der Waals surface area (Å²) in [6, 6.07) is 9.03. The van der Waals surface area contributed by atoms with Crippen LogP contribution in [-0.4, -0.2) is 0 Å². The Kier molecular flexibility index (Phi) is 3.11. The number of alkyl halides is 3. The molecule has 0 heterocycles.